The fraction of sp³-hybridized carbons (Fsp3) is 0.323. The first kappa shape index (κ1) is 30.0. The van der Waals surface area contributed by atoms with E-state index < -0.39 is 26.2 Å². The molecule has 0 saturated carbocycles. The number of amides is 2. The number of anilines is 2. The summed E-state index contributed by atoms with van der Waals surface area (Å²) >= 11 is 5.07. The zero-order valence-electron chi connectivity index (χ0n) is 22.8. The van der Waals surface area contributed by atoms with E-state index in [0.29, 0.717) is 47.5 Å². The van der Waals surface area contributed by atoms with Crippen LogP contribution < -0.4 is 10.6 Å². The van der Waals surface area contributed by atoms with Crippen LogP contribution in [0.2, 0.25) is 5.02 Å². The normalized spacial score (nSPS) is 15.7. The number of ether oxygens (including phenoxy) is 1. The Morgan fingerprint density at radius 1 is 1.05 bits per heavy atom. The molecule has 1 atom stereocenters. The number of alkyl halides is 2. The van der Waals surface area contributed by atoms with Crippen molar-refractivity contribution in [2.24, 2.45) is 0 Å². The van der Waals surface area contributed by atoms with Gasteiger partial charge in [-0.05, 0) is 18.2 Å². The second kappa shape index (κ2) is 14.6. The van der Waals surface area contributed by atoms with E-state index in [4.69, 9.17) is 16.3 Å². The molecule has 3 aromatic carbocycles. The zero-order chi connectivity index (χ0) is 28.5. The number of aldehydes is 1. The van der Waals surface area contributed by atoms with Crippen molar-refractivity contribution in [1.29, 1.82) is 0 Å². The molecule has 0 spiro atoms. The van der Waals surface area contributed by atoms with Gasteiger partial charge < -0.3 is 5.32 Å². The number of hydrogen-bond donors (Lipinski definition) is 2. The molecule has 212 valence electrons. The van der Waals surface area contributed by atoms with Crippen LogP contribution in [0.1, 0.15) is 41.6 Å². The van der Waals surface area contributed by atoms with Gasteiger partial charge in [0.2, 0.25) is 5.91 Å². The fourth-order valence-electron chi connectivity index (χ4n) is 4.68. The van der Waals surface area contributed by atoms with E-state index in [2.05, 4.69) is 23.6 Å². The molecule has 2 N–H and O–H groups in total. The summed E-state index contributed by atoms with van der Waals surface area (Å²) in [4.78, 5) is 41.0. The van der Waals surface area contributed by atoms with Crippen LogP contribution in [-0.4, -0.2) is 50.5 Å². The SMILES string of the molecule is CI(C)N1CCCC(OC(=O)Nc2cc(CCCC(=O)Nc3ccc(C=O)cc3Cl)ccc2-c2ccccc2)C1. The van der Waals surface area contributed by atoms with E-state index in [1.54, 1.807) is 12.1 Å². The number of aryl methyl sites for hydroxylation is 1. The number of hydrogen-bond acceptors (Lipinski definition) is 5. The number of rotatable bonds is 10. The van der Waals surface area contributed by atoms with Crippen LogP contribution in [0, 0.1) is 0 Å². The van der Waals surface area contributed by atoms with Crippen molar-refractivity contribution in [3.8, 4) is 11.1 Å². The van der Waals surface area contributed by atoms with Gasteiger partial charge in [-0.2, -0.15) is 0 Å². The quantitative estimate of drug-likeness (QED) is 0.101. The van der Waals surface area contributed by atoms with Crippen LogP contribution in [0.15, 0.2) is 66.7 Å². The Kier molecular flexibility index (Phi) is 11.0. The number of halogens is 2. The number of nitrogens with zero attached hydrogens (tertiary/aromatic N) is 1. The monoisotopic (exact) mass is 675 g/mol. The molecule has 1 fully saturated rings. The van der Waals surface area contributed by atoms with Gasteiger partial charge in [-0.15, -0.1) is 0 Å². The van der Waals surface area contributed by atoms with Crippen LogP contribution in [0.5, 0.6) is 0 Å². The molecular weight excluding hydrogens is 641 g/mol. The summed E-state index contributed by atoms with van der Waals surface area (Å²) in [5, 5.41) is 6.13. The van der Waals surface area contributed by atoms with Crippen molar-refractivity contribution in [2.75, 3.05) is 33.6 Å². The van der Waals surface area contributed by atoms with Gasteiger partial charge in [-0.3, -0.25) is 9.59 Å². The molecule has 0 bridgehead atoms. The van der Waals surface area contributed by atoms with Crippen molar-refractivity contribution >= 4 is 61.4 Å². The number of nitrogens with one attached hydrogen (secondary N) is 2. The van der Waals surface area contributed by atoms with E-state index in [1.807, 2.05) is 48.5 Å². The van der Waals surface area contributed by atoms with E-state index >= 15 is 0 Å². The van der Waals surface area contributed by atoms with Crippen molar-refractivity contribution in [2.45, 2.75) is 38.2 Å². The van der Waals surface area contributed by atoms with E-state index in [-0.39, 0.29) is 12.0 Å². The Balaban J connectivity index is 1.39. The first-order valence-corrected chi connectivity index (χ1v) is 18.9. The molecular formula is C31H35ClIN3O4. The zero-order valence-corrected chi connectivity index (χ0v) is 25.7. The number of carbonyl (C=O) groups excluding carboxylic acids is 3. The van der Waals surface area contributed by atoms with Gasteiger partial charge in [0.05, 0.1) is 10.7 Å². The summed E-state index contributed by atoms with van der Waals surface area (Å²) < 4.78 is 8.34. The maximum absolute atomic E-state index is 13.0. The molecule has 4 rings (SSSR count). The van der Waals surface area contributed by atoms with Crippen LogP contribution in [0.4, 0.5) is 16.2 Å². The van der Waals surface area contributed by atoms with Crippen molar-refractivity contribution in [3.63, 3.8) is 0 Å². The minimum absolute atomic E-state index is 0.0986. The molecule has 0 aliphatic carbocycles. The molecule has 1 heterocycles. The Labute approximate surface area is 248 Å². The molecule has 0 radical (unpaired) electrons. The van der Waals surface area contributed by atoms with Gasteiger partial charge >= 0.3 is 176 Å². The summed E-state index contributed by atoms with van der Waals surface area (Å²) in [5.41, 5.74) is 4.53. The van der Waals surface area contributed by atoms with Crippen LogP contribution in [0.25, 0.3) is 11.1 Å². The summed E-state index contributed by atoms with van der Waals surface area (Å²) in [5.74, 6) is -0.157. The average molecular weight is 676 g/mol. The van der Waals surface area contributed by atoms with Gasteiger partial charge in [0.15, 0.2) is 0 Å². The molecule has 1 saturated heterocycles. The Morgan fingerprint density at radius 2 is 1.85 bits per heavy atom. The number of piperidine rings is 1. The molecule has 1 unspecified atom stereocenters. The molecule has 1 aliphatic heterocycles. The van der Waals surface area contributed by atoms with Crippen LogP contribution in [0.3, 0.4) is 0 Å². The maximum atomic E-state index is 13.0. The van der Waals surface area contributed by atoms with Gasteiger partial charge in [-0.1, -0.05) is 11.6 Å². The molecule has 40 heavy (non-hydrogen) atoms. The second-order valence-electron chi connectivity index (χ2n) is 9.88. The van der Waals surface area contributed by atoms with Gasteiger partial charge in [0.25, 0.3) is 0 Å². The summed E-state index contributed by atoms with van der Waals surface area (Å²) in [6.07, 6.45) is 3.67. The molecule has 0 aromatic heterocycles. The van der Waals surface area contributed by atoms with Crippen molar-refractivity contribution in [3.05, 3.63) is 82.9 Å². The minimum atomic E-state index is -1.10. The van der Waals surface area contributed by atoms with Crippen molar-refractivity contribution < 1.29 is 19.1 Å². The summed E-state index contributed by atoms with van der Waals surface area (Å²) in [6.45, 7) is 1.91. The summed E-state index contributed by atoms with van der Waals surface area (Å²) in [6, 6.07) is 20.7. The average Bonchev–Trinajstić information content (AvgIpc) is 2.95. The summed E-state index contributed by atoms with van der Waals surface area (Å²) in [7, 11) is 0. The van der Waals surface area contributed by atoms with E-state index in [9.17, 15) is 14.4 Å². The first-order chi connectivity index (χ1) is 19.3. The molecule has 1 aliphatic rings. The van der Waals surface area contributed by atoms with Crippen molar-refractivity contribution in [1.82, 2.24) is 3.11 Å². The standard InChI is InChI=1S/C31H35ClIN3O4/c1-33(2)36-17-7-11-25(20-36)40-31(39)35-29-19-22(13-15-26(29)24-9-4-3-5-10-24)8-6-12-30(38)34-28-16-14-23(21-37)18-27(28)32/h3-5,9-10,13-16,18-19,21,25H,6-8,11-12,17,20H2,1-2H3,(H,34,38)(H,35,39). The van der Waals surface area contributed by atoms with Gasteiger partial charge in [-0.25, -0.2) is 0 Å². The third-order valence-corrected chi connectivity index (χ3v) is 10.7. The van der Waals surface area contributed by atoms with Crippen LogP contribution in [-0.2, 0) is 16.0 Å². The van der Waals surface area contributed by atoms with E-state index in [0.717, 1.165) is 42.6 Å². The topological polar surface area (TPSA) is 87.7 Å². The molecule has 2 amide bonds. The third kappa shape index (κ3) is 8.52. The molecule has 3 aromatic rings. The third-order valence-electron chi connectivity index (χ3n) is 6.76. The van der Waals surface area contributed by atoms with E-state index in [1.165, 1.54) is 6.07 Å². The number of benzene rings is 3. The first-order valence-electron chi connectivity index (χ1n) is 13.3. The Bertz CT molecular complexity index is 1340. The second-order valence-corrected chi connectivity index (χ2v) is 15.7. The molecule has 9 heteroatoms. The fourth-order valence-corrected chi connectivity index (χ4v) is 7.45. The van der Waals surface area contributed by atoms with Gasteiger partial charge in [0.1, 0.15) is 6.29 Å². The predicted octanol–water partition coefficient (Wildman–Crippen LogP) is 7.47. The predicted molar refractivity (Wildman–Crippen MR) is 171 cm³/mol. The van der Waals surface area contributed by atoms with Gasteiger partial charge in [0, 0.05) is 5.56 Å². The molecule has 7 nitrogen and oxygen atoms in total. The Morgan fingerprint density at radius 3 is 2.58 bits per heavy atom. The number of carbonyl (C=O) groups is 3. The Hall–Kier alpha value is -2.95. The van der Waals surface area contributed by atoms with Crippen LogP contribution >= 0.6 is 31.7 Å².